The van der Waals surface area contributed by atoms with Crippen LogP contribution in [0.15, 0.2) is 12.7 Å². The molecule has 0 aromatic heterocycles. The zero-order chi connectivity index (χ0) is 14.3. The third-order valence-corrected chi connectivity index (χ3v) is 13.6. The van der Waals surface area contributed by atoms with E-state index in [1.807, 2.05) is 0 Å². The van der Waals surface area contributed by atoms with Gasteiger partial charge in [-0.1, -0.05) is 0 Å². The van der Waals surface area contributed by atoms with Crippen molar-refractivity contribution in [3.8, 4) is 0 Å². The zero-order valence-electron chi connectivity index (χ0n) is 12.3. The Labute approximate surface area is 113 Å². The maximum atomic E-state index is 12.0. The summed E-state index contributed by atoms with van der Waals surface area (Å²) < 4.78 is 29.9. The molecule has 0 amide bonds. The molecule has 0 spiro atoms. The zero-order valence-corrected chi connectivity index (χ0v) is 14.0. The third kappa shape index (κ3) is 4.32. The molecule has 0 saturated carbocycles. The van der Waals surface area contributed by atoms with E-state index in [4.69, 9.17) is 3.97 Å². The molecule has 0 aliphatic carbocycles. The predicted molar refractivity (Wildman–Crippen MR) is 83.4 cm³/mol. The molecule has 18 heavy (non-hydrogen) atoms. The summed E-state index contributed by atoms with van der Waals surface area (Å²) in [5.74, 6) is -0.0863. The second-order valence-electron chi connectivity index (χ2n) is 4.97. The molecule has 0 aliphatic rings. The van der Waals surface area contributed by atoms with Crippen molar-refractivity contribution in [3.63, 3.8) is 0 Å². The number of hydrogen-bond acceptors (Lipinski definition) is 3. The fourth-order valence-electron chi connectivity index (χ4n) is 2.39. The van der Waals surface area contributed by atoms with Gasteiger partial charge in [-0.3, -0.25) is 0 Å². The fraction of sp³-hybridized carbons (Fsp3) is 0.846. The summed E-state index contributed by atoms with van der Waals surface area (Å²) in [5.41, 5.74) is 0. The van der Waals surface area contributed by atoms with Gasteiger partial charge in [-0.05, 0) is 0 Å². The van der Waals surface area contributed by atoms with E-state index in [-0.39, 0.29) is 5.75 Å². The Balaban J connectivity index is 5.38. The fourth-order valence-corrected chi connectivity index (χ4v) is 10.5. The summed E-state index contributed by atoms with van der Waals surface area (Å²) in [6.07, 6.45) is 6.96. The van der Waals surface area contributed by atoms with Gasteiger partial charge in [0, 0.05) is 0 Å². The van der Waals surface area contributed by atoms with Crippen LogP contribution in [0.1, 0.15) is 40.5 Å². The molecular formula is C13H29O3PS. The minimum atomic E-state index is -3.47. The van der Waals surface area contributed by atoms with Crippen LogP contribution >= 0.6 is 6.83 Å². The average molecular weight is 296 g/mol. The van der Waals surface area contributed by atoms with Crippen LogP contribution < -0.4 is 0 Å². The monoisotopic (exact) mass is 296 g/mol. The summed E-state index contributed by atoms with van der Waals surface area (Å²) in [4.78, 5) is 0. The molecule has 0 atom stereocenters. The second kappa shape index (κ2) is 7.02. The number of unbranched alkanes of at least 4 members (excludes halogenated alkanes) is 1. The molecule has 0 bridgehead atoms. The van der Waals surface area contributed by atoms with Gasteiger partial charge in [0.15, 0.2) is 0 Å². The average Bonchev–Trinajstić information content (AvgIpc) is 2.35. The van der Waals surface area contributed by atoms with Crippen molar-refractivity contribution in [1.29, 1.82) is 0 Å². The second-order valence-corrected chi connectivity index (χ2v) is 13.1. The molecule has 3 nitrogen and oxygen atoms in total. The van der Waals surface area contributed by atoms with E-state index in [1.54, 1.807) is 0 Å². The molecule has 0 saturated heterocycles. The molecule has 0 radical (unpaired) electrons. The van der Waals surface area contributed by atoms with Gasteiger partial charge in [0.1, 0.15) is 0 Å². The van der Waals surface area contributed by atoms with Gasteiger partial charge in [-0.15, -0.1) is 0 Å². The molecular weight excluding hydrogens is 267 g/mol. The van der Waals surface area contributed by atoms with Crippen LogP contribution in [0.2, 0.25) is 0 Å². The van der Waals surface area contributed by atoms with Crippen molar-refractivity contribution < 1.29 is 12.4 Å². The Kier molecular flexibility index (Phi) is 7.05. The predicted octanol–water partition coefficient (Wildman–Crippen LogP) is 3.85. The van der Waals surface area contributed by atoms with Gasteiger partial charge in [0.2, 0.25) is 0 Å². The van der Waals surface area contributed by atoms with Crippen molar-refractivity contribution in [2.45, 2.75) is 40.5 Å². The summed E-state index contributed by atoms with van der Waals surface area (Å²) in [6.45, 7) is 9.27. The van der Waals surface area contributed by atoms with Crippen LogP contribution in [0.4, 0.5) is 0 Å². The third-order valence-electron chi connectivity index (χ3n) is 4.12. The topological polar surface area (TPSA) is 43.4 Å². The van der Waals surface area contributed by atoms with Crippen LogP contribution in [0, 0.1) is 0 Å². The summed E-state index contributed by atoms with van der Waals surface area (Å²) >= 11 is 0. The van der Waals surface area contributed by atoms with Gasteiger partial charge >= 0.3 is 113 Å². The molecule has 110 valence electrons. The van der Waals surface area contributed by atoms with E-state index in [9.17, 15) is 8.42 Å². The van der Waals surface area contributed by atoms with Crippen LogP contribution in [0.3, 0.4) is 0 Å². The van der Waals surface area contributed by atoms with Crippen molar-refractivity contribution in [2.24, 2.45) is 0 Å². The van der Waals surface area contributed by atoms with E-state index in [1.165, 1.54) is 6.08 Å². The molecule has 0 aromatic rings. The SMILES string of the molecule is C=CCS(=O)(=O)OP(CC)(CC)(CC)CCCC. The quantitative estimate of drug-likeness (QED) is 0.454. The molecule has 0 aliphatic heterocycles. The summed E-state index contributed by atoms with van der Waals surface area (Å²) in [5, 5.41) is 0. The number of rotatable bonds is 10. The van der Waals surface area contributed by atoms with E-state index >= 15 is 0 Å². The van der Waals surface area contributed by atoms with Crippen molar-refractivity contribution >= 4 is 16.9 Å². The molecule has 0 rings (SSSR count). The van der Waals surface area contributed by atoms with Gasteiger partial charge in [-0.2, -0.15) is 0 Å². The van der Waals surface area contributed by atoms with Gasteiger partial charge in [-0.25, -0.2) is 0 Å². The minimum absolute atomic E-state index is 0.0863. The first-order chi connectivity index (χ1) is 8.32. The molecule has 0 aromatic carbocycles. The maximum absolute atomic E-state index is 12.0. The van der Waals surface area contributed by atoms with Gasteiger partial charge < -0.3 is 0 Å². The van der Waals surface area contributed by atoms with Crippen LogP contribution in [-0.4, -0.2) is 38.8 Å². The van der Waals surface area contributed by atoms with Crippen LogP contribution in [-0.2, 0) is 14.1 Å². The van der Waals surface area contributed by atoms with Gasteiger partial charge in [0.25, 0.3) is 0 Å². The van der Waals surface area contributed by atoms with E-state index < -0.39 is 16.9 Å². The Hall–Kier alpha value is 0.0800. The Morgan fingerprint density at radius 3 is 1.94 bits per heavy atom. The first-order valence-corrected chi connectivity index (χ1v) is 11.4. The molecule has 0 heterocycles. The molecule has 5 heteroatoms. The molecule has 0 fully saturated rings. The molecule has 0 unspecified atom stereocenters. The van der Waals surface area contributed by atoms with Crippen molar-refractivity contribution in [1.82, 2.24) is 0 Å². The molecule has 0 N–H and O–H groups in total. The Morgan fingerprint density at radius 1 is 1.11 bits per heavy atom. The normalized spacial score (nSPS) is 15.0. The number of hydrogen-bond donors (Lipinski definition) is 0. The van der Waals surface area contributed by atoms with Crippen molar-refractivity contribution in [2.75, 3.05) is 30.4 Å². The first kappa shape index (κ1) is 18.1. The van der Waals surface area contributed by atoms with Crippen molar-refractivity contribution in [3.05, 3.63) is 12.7 Å². The Bertz CT molecular complexity index is 347. The summed E-state index contributed by atoms with van der Waals surface area (Å²) in [6, 6.07) is 0. The standard InChI is InChI=1S/C13H29O3PS/c1-6-11-12-17(8-3,9-4,10-5)16-18(14,15)13-7-2/h7H,2,6,8-13H2,1,3-5H3. The summed E-state index contributed by atoms with van der Waals surface area (Å²) in [7, 11) is -3.47. The Morgan fingerprint density at radius 2 is 1.61 bits per heavy atom. The van der Waals surface area contributed by atoms with E-state index in [0.29, 0.717) is 0 Å². The van der Waals surface area contributed by atoms with E-state index in [2.05, 4.69) is 34.3 Å². The first-order valence-electron chi connectivity index (χ1n) is 6.88. The van der Waals surface area contributed by atoms with E-state index in [0.717, 1.165) is 37.5 Å². The van der Waals surface area contributed by atoms with Crippen LogP contribution in [0.5, 0.6) is 0 Å². The van der Waals surface area contributed by atoms with Crippen LogP contribution in [0.25, 0.3) is 0 Å². The van der Waals surface area contributed by atoms with Gasteiger partial charge in [0.05, 0.1) is 0 Å².